The minimum atomic E-state index is -0.195. The summed E-state index contributed by atoms with van der Waals surface area (Å²) in [5, 5.41) is 1.12. The van der Waals surface area contributed by atoms with Crippen LogP contribution in [-0.2, 0) is 0 Å². The third-order valence-electron chi connectivity index (χ3n) is 2.24. The van der Waals surface area contributed by atoms with Gasteiger partial charge in [0.15, 0.2) is 10.9 Å². The first-order valence-electron chi connectivity index (χ1n) is 5.12. The molecule has 0 aliphatic heterocycles. The summed E-state index contributed by atoms with van der Waals surface area (Å²) in [5.74, 6) is 0.0499. The van der Waals surface area contributed by atoms with Gasteiger partial charge in [-0.2, -0.15) is 0 Å². The van der Waals surface area contributed by atoms with Gasteiger partial charge in [-0.25, -0.2) is 4.98 Å². The van der Waals surface area contributed by atoms with Crippen molar-refractivity contribution in [1.29, 1.82) is 0 Å². The number of carbonyl (C=O) groups excluding carboxylic acids is 1. The second-order valence-corrected chi connectivity index (χ2v) is 5.29. The van der Waals surface area contributed by atoms with Gasteiger partial charge in [0, 0.05) is 23.0 Å². The van der Waals surface area contributed by atoms with E-state index >= 15 is 0 Å². The van der Waals surface area contributed by atoms with E-state index < -0.39 is 0 Å². The van der Waals surface area contributed by atoms with Crippen molar-refractivity contribution in [3.05, 3.63) is 47.2 Å². The lowest BCUT2D eigenvalue weighted by Gasteiger charge is -2.08. The molecule has 1 N–H and O–H groups in total. The average Bonchev–Trinajstić information content (AvgIpc) is 2.80. The number of hydrogen-bond donors (Lipinski definition) is 1. The smallest absolute Gasteiger partial charge is 0.176 e. The Morgan fingerprint density at radius 1 is 1.53 bits per heavy atom. The molecule has 0 aliphatic rings. The Labute approximate surface area is 109 Å². The van der Waals surface area contributed by atoms with Crippen LogP contribution in [0.1, 0.15) is 17.3 Å². The number of carbonyl (C=O) groups is 1. The fraction of sp³-hybridized carbons (Fsp3) is 0.167. The Hall–Kier alpha value is -1.26. The standard InChI is InChI=1S/C12H11ClN2OS/c1-8(17-12-14-5-6-15-12)11(16)9-3-2-4-10(13)7-9/h2-8H,1H3,(H,14,15). The molecule has 0 spiro atoms. The highest BCUT2D eigenvalue weighted by atomic mass is 35.5. The summed E-state index contributed by atoms with van der Waals surface area (Å²) in [5.41, 5.74) is 0.629. The topological polar surface area (TPSA) is 45.8 Å². The molecule has 88 valence electrons. The lowest BCUT2D eigenvalue weighted by molar-refractivity contribution is 0.0994. The van der Waals surface area contributed by atoms with Crippen molar-refractivity contribution < 1.29 is 4.79 Å². The number of aromatic nitrogens is 2. The number of rotatable bonds is 4. The Morgan fingerprint density at radius 3 is 3.00 bits per heavy atom. The molecule has 1 aromatic carbocycles. The maximum atomic E-state index is 12.1. The van der Waals surface area contributed by atoms with Crippen LogP contribution >= 0.6 is 23.4 Å². The van der Waals surface area contributed by atoms with Gasteiger partial charge < -0.3 is 4.98 Å². The molecule has 0 amide bonds. The van der Waals surface area contributed by atoms with E-state index in [-0.39, 0.29) is 11.0 Å². The molecule has 0 fully saturated rings. The Morgan fingerprint density at radius 2 is 2.35 bits per heavy atom. The average molecular weight is 267 g/mol. The normalized spacial score (nSPS) is 12.4. The molecule has 3 nitrogen and oxygen atoms in total. The Balaban J connectivity index is 2.09. The molecule has 1 atom stereocenters. The van der Waals surface area contributed by atoms with Crippen molar-refractivity contribution in [2.24, 2.45) is 0 Å². The van der Waals surface area contributed by atoms with Gasteiger partial charge in [0.25, 0.3) is 0 Å². The summed E-state index contributed by atoms with van der Waals surface area (Å²) in [6.45, 7) is 1.86. The minimum absolute atomic E-state index is 0.0499. The summed E-state index contributed by atoms with van der Waals surface area (Å²) >= 11 is 7.26. The Bertz CT molecular complexity index is 513. The van der Waals surface area contributed by atoms with Crippen LogP contribution in [0.25, 0.3) is 0 Å². The lowest BCUT2D eigenvalue weighted by Crippen LogP contribution is -2.13. The molecule has 0 bridgehead atoms. The van der Waals surface area contributed by atoms with Crippen molar-refractivity contribution in [2.45, 2.75) is 17.3 Å². The molecule has 0 radical (unpaired) electrons. The van der Waals surface area contributed by atoms with Gasteiger partial charge in [-0.1, -0.05) is 35.5 Å². The van der Waals surface area contributed by atoms with E-state index in [1.807, 2.05) is 6.92 Å². The molecule has 1 unspecified atom stereocenters. The highest BCUT2D eigenvalue weighted by Gasteiger charge is 2.17. The summed E-state index contributed by atoms with van der Waals surface area (Å²) < 4.78 is 0. The van der Waals surface area contributed by atoms with Crippen molar-refractivity contribution in [3.63, 3.8) is 0 Å². The first-order chi connectivity index (χ1) is 8.16. The fourth-order valence-corrected chi connectivity index (χ4v) is 2.44. The number of nitrogens with zero attached hydrogens (tertiary/aromatic N) is 1. The van der Waals surface area contributed by atoms with Crippen molar-refractivity contribution >= 4 is 29.1 Å². The summed E-state index contributed by atoms with van der Waals surface area (Å²) in [6, 6.07) is 6.99. The van der Waals surface area contributed by atoms with E-state index in [0.29, 0.717) is 10.6 Å². The molecular weight excluding hydrogens is 256 g/mol. The molecule has 1 aromatic heterocycles. The quantitative estimate of drug-likeness (QED) is 0.681. The summed E-state index contributed by atoms with van der Waals surface area (Å²) in [7, 11) is 0. The molecule has 0 aliphatic carbocycles. The largest absolute Gasteiger partial charge is 0.340 e. The van der Waals surface area contributed by atoms with Gasteiger partial charge in [0.1, 0.15) is 0 Å². The zero-order valence-electron chi connectivity index (χ0n) is 9.18. The molecule has 17 heavy (non-hydrogen) atoms. The number of nitrogens with one attached hydrogen (secondary N) is 1. The maximum absolute atomic E-state index is 12.1. The minimum Gasteiger partial charge on any atom is -0.340 e. The van der Waals surface area contributed by atoms with E-state index in [1.54, 1.807) is 36.7 Å². The van der Waals surface area contributed by atoms with Crippen molar-refractivity contribution in [2.75, 3.05) is 0 Å². The van der Waals surface area contributed by atoms with Crippen LogP contribution in [0.2, 0.25) is 5.02 Å². The molecule has 2 rings (SSSR count). The zero-order chi connectivity index (χ0) is 12.3. The lowest BCUT2D eigenvalue weighted by atomic mass is 10.1. The highest BCUT2D eigenvalue weighted by Crippen LogP contribution is 2.23. The van der Waals surface area contributed by atoms with Crippen LogP contribution in [0.3, 0.4) is 0 Å². The van der Waals surface area contributed by atoms with Crippen LogP contribution < -0.4 is 0 Å². The molecule has 5 heteroatoms. The van der Waals surface area contributed by atoms with Crippen LogP contribution in [0.4, 0.5) is 0 Å². The second kappa shape index (κ2) is 5.38. The number of thioether (sulfide) groups is 1. The van der Waals surface area contributed by atoms with Gasteiger partial charge in [-0.3, -0.25) is 4.79 Å². The predicted octanol–water partition coefficient (Wildman–Crippen LogP) is 3.43. The van der Waals surface area contributed by atoms with Crippen LogP contribution in [0.5, 0.6) is 0 Å². The van der Waals surface area contributed by atoms with Crippen LogP contribution in [0.15, 0.2) is 41.8 Å². The number of halogens is 1. The maximum Gasteiger partial charge on any atom is 0.176 e. The Kier molecular flexibility index (Phi) is 3.86. The number of Topliss-reactive ketones (excluding diaryl/α,β-unsaturated/α-hetero) is 1. The SMILES string of the molecule is CC(Sc1ncc[nH]1)C(=O)c1cccc(Cl)c1. The monoisotopic (exact) mass is 266 g/mol. The van der Waals surface area contributed by atoms with Crippen LogP contribution in [0, 0.1) is 0 Å². The van der Waals surface area contributed by atoms with E-state index in [4.69, 9.17) is 11.6 Å². The van der Waals surface area contributed by atoms with E-state index in [9.17, 15) is 4.79 Å². The van der Waals surface area contributed by atoms with Gasteiger partial charge in [0.05, 0.1) is 5.25 Å². The van der Waals surface area contributed by atoms with Gasteiger partial charge in [0.2, 0.25) is 0 Å². The van der Waals surface area contributed by atoms with E-state index in [1.165, 1.54) is 11.8 Å². The summed E-state index contributed by atoms with van der Waals surface area (Å²) in [4.78, 5) is 19.1. The van der Waals surface area contributed by atoms with Gasteiger partial charge >= 0.3 is 0 Å². The molecule has 0 saturated heterocycles. The number of hydrogen-bond acceptors (Lipinski definition) is 3. The van der Waals surface area contributed by atoms with E-state index in [2.05, 4.69) is 9.97 Å². The predicted molar refractivity (Wildman–Crippen MR) is 69.7 cm³/mol. The van der Waals surface area contributed by atoms with Gasteiger partial charge in [-0.05, 0) is 19.1 Å². The number of imidazole rings is 1. The molecular formula is C12H11ClN2OS. The summed E-state index contributed by atoms with van der Waals surface area (Å²) in [6.07, 6.45) is 3.40. The highest BCUT2D eigenvalue weighted by molar-refractivity contribution is 8.00. The zero-order valence-corrected chi connectivity index (χ0v) is 10.8. The first-order valence-corrected chi connectivity index (χ1v) is 6.38. The third-order valence-corrected chi connectivity index (χ3v) is 3.49. The molecule has 1 heterocycles. The third kappa shape index (κ3) is 3.11. The van der Waals surface area contributed by atoms with Crippen molar-refractivity contribution in [1.82, 2.24) is 9.97 Å². The molecule has 2 aromatic rings. The fourth-order valence-electron chi connectivity index (χ4n) is 1.41. The van der Waals surface area contributed by atoms with Gasteiger partial charge in [-0.15, -0.1) is 0 Å². The first kappa shape index (κ1) is 12.2. The van der Waals surface area contributed by atoms with E-state index in [0.717, 1.165) is 5.16 Å². The number of aromatic amines is 1. The number of ketones is 1. The number of benzene rings is 1. The second-order valence-electron chi connectivity index (χ2n) is 3.53. The number of H-pyrrole nitrogens is 1. The van der Waals surface area contributed by atoms with Crippen molar-refractivity contribution in [3.8, 4) is 0 Å². The molecule has 0 saturated carbocycles. The van der Waals surface area contributed by atoms with Crippen LogP contribution in [-0.4, -0.2) is 21.0 Å².